The standard InChI is InChI=1S/C22H28N2O5S/c1-16(2)24(5)30(27,28)20-13-9-12-19(14-20)22(26)29-17(3)21(25)23(4)15-18-10-7-6-8-11-18/h6-14,16-17H,15H2,1-5H3. The van der Waals surface area contributed by atoms with Crippen molar-refractivity contribution in [2.75, 3.05) is 14.1 Å². The van der Waals surface area contributed by atoms with Crippen LogP contribution in [0.4, 0.5) is 0 Å². The van der Waals surface area contributed by atoms with Gasteiger partial charge in [0.05, 0.1) is 10.5 Å². The van der Waals surface area contributed by atoms with Crippen molar-refractivity contribution in [3.05, 3.63) is 65.7 Å². The van der Waals surface area contributed by atoms with Crippen LogP contribution in [0.15, 0.2) is 59.5 Å². The first-order valence-electron chi connectivity index (χ1n) is 9.62. The summed E-state index contributed by atoms with van der Waals surface area (Å²) in [4.78, 5) is 26.5. The van der Waals surface area contributed by atoms with Crippen LogP contribution in [0, 0.1) is 0 Å². The fraction of sp³-hybridized carbons (Fsp3) is 0.364. The van der Waals surface area contributed by atoms with Crippen molar-refractivity contribution in [1.29, 1.82) is 0 Å². The van der Waals surface area contributed by atoms with Gasteiger partial charge in [0.1, 0.15) is 0 Å². The highest BCUT2D eigenvalue weighted by molar-refractivity contribution is 7.89. The molecule has 162 valence electrons. The monoisotopic (exact) mass is 432 g/mol. The summed E-state index contributed by atoms with van der Waals surface area (Å²) in [6.07, 6.45) is -1.01. The zero-order chi connectivity index (χ0) is 22.5. The number of sulfonamides is 1. The molecule has 0 bridgehead atoms. The summed E-state index contributed by atoms with van der Waals surface area (Å²) < 4.78 is 31.8. The van der Waals surface area contributed by atoms with E-state index in [1.165, 1.54) is 47.4 Å². The molecular weight excluding hydrogens is 404 g/mol. The van der Waals surface area contributed by atoms with Gasteiger partial charge in [0, 0.05) is 26.7 Å². The average molecular weight is 433 g/mol. The molecule has 7 nitrogen and oxygen atoms in total. The third kappa shape index (κ3) is 5.67. The molecule has 0 fully saturated rings. The number of benzene rings is 2. The molecule has 30 heavy (non-hydrogen) atoms. The summed E-state index contributed by atoms with van der Waals surface area (Å²) in [5.41, 5.74) is 1.03. The van der Waals surface area contributed by atoms with E-state index in [4.69, 9.17) is 4.74 Å². The Morgan fingerprint density at radius 2 is 1.60 bits per heavy atom. The zero-order valence-corrected chi connectivity index (χ0v) is 18.7. The van der Waals surface area contributed by atoms with Gasteiger partial charge in [-0.15, -0.1) is 0 Å². The first-order chi connectivity index (χ1) is 14.0. The predicted molar refractivity (Wildman–Crippen MR) is 114 cm³/mol. The normalized spacial score (nSPS) is 12.6. The Morgan fingerprint density at radius 3 is 2.20 bits per heavy atom. The molecule has 0 aliphatic heterocycles. The summed E-state index contributed by atoms with van der Waals surface area (Å²) in [7, 11) is -0.623. The molecule has 0 saturated heterocycles. The van der Waals surface area contributed by atoms with Crippen LogP contribution in [-0.4, -0.2) is 55.7 Å². The van der Waals surface area contributed by atoms with Crippen LogP contribution in [0.25, 0.3) is 0 Å². The number of carbonyl (C=O) groups excluding carboxylic acids is 2. The third-order valence-electron chi connectivity index (χ3n) is 4.74. The van der Waals surface area contributed by atoms with Crippen LogP contribution in [-0.2, 0) is 26.1 Å². The molecule has 0 aliphatic rings. The Morgan fingerprint density at radius 1 is 0.967 bits per heavy atom. The van der Waals surface area contributed by atoms with E-state index in [-0.39, 0.29) is 22.4 Å². The molecule has 1 amide bonds. The van der Waals surface area contributed by atoms with Gasteiger partial charge in [-0.2, -0.15) is 4.31 Å². The van der Waals surface area contributed by atoms with E-state index in [0.29, 0.717) is 6.54 Å². The van der Waals surface area contributed by atoms with Crippen molar-refractivity contribution in [3.8, 4) is 0 Å². The minimum absolute atomic E-state index is 0.00618. The Labute approximate surface area is 178 Å². The van der Waals surface area contributed by atoms with E-state index in [1.807, 2.05) is 30.3 Å². The van der Waals surface area contributed by atoms with Gasteiger partial charge < -0.3 is 9.64 Å². The Bertz CT molecular complexity index is 990. The Kier molecular flexibility index (Phi) is 7.75. The second-order valence-electron chi connectivity index (χ2n) is 7.37. The van der Waals surface area contributed by atoms with Gasteiger partial charge >= 0.3 is 5.97 Å². The lowest BCUT2D eigenvalue weighted by Crippen LogP contribution is -2.37. The highest BCUT2D eigenvalue weighted by Gasteiger charge is 2.26. The van der Waals surface area contributed by atoms with Crippen LogP contribution in [0.3, 0.4) is 0 Å². The van der Waals surface area contributed by atoms with Crippen molar-refractivity contribution < 1.29 is 22.7 Å². The van der Waals surface area contributed by atoms with Crippen LogP contribution in [0.5, 0.6) is 0 Å². The van der Waals surface area contributed by atoms with Gasteiger partial charge in [-0.25, -0.2) is 13.2 Å². The van der Waals surface area contributed by atoms with Gasteiger partial charge in [-0.3, -0.25) is 4.79 Å². The minimum atomic E-state index is -3.74. The van der Waals surface area contributed by atoms with Gasteiger partial charge in [-0.1, -0.05) is 36.4 Å². The number of esters is 1. The third-order valence-corrected chi connectivity index (χ3v) is 6.77. The lowest BCUT2D eigenvalue weighted by molar-refractivity contribution is -0.139. The van der Waals surface area contributed by atoms with E-state index in [1.54, 1.807) is 20.9 Å². The van der Waals surface area contributed by atoms with Gasteiger partial charge in [0.25, 0.3) is 5.91 Å². The Hall–Kier alpha value is -2.71. The largest absolute Gasteiger partial charge is 0.449 e. The van der Waals surface area contributed by atoms with Gasteiger partial charge in [-0.05, 0) is 44.5 Å². The first kappa shape index (κ1) is 23.6. The predicted octanol–water partition coefficient (Wildman–Crippen LogP) is 2.92. The zero-order valence-electron chi connectivity index (χ0n) is 17.9. The molecular formula is C22H28N2O5S. The minimum Gasteiger partial charge on any atom is -0.449 e. The molecule has 2 aromatic carbocycles. The van der Waals surface area contributed by atoms with Crippen molar-refractivity contribution in [2.45, 2.75) is 44.4 Å². The van der Waals surface area contributed by atoms with E-state index in [9.17, 15) is 18.0 Å². The number of amides is 1. The molecule has 1 atom stereocenters. The smallest absolute Gasteiger partial charge is 0.338 e. The molecule has 0 spiro atoms. The number of hydrogen-bond acceptors (Lipinski definition) is 5. The van der Waals surface area contributed by atoms with Crippen LogP contribution < -0.4 is 0 Å². The fourth-order valence-electron chi connectivity index (χ4n) is 2.75. The maximum atomic E-state index is 12.7. The summed E-state index contributed by atoms with van der Waals surface area (Å²) >= 11 is 0. The lowest BCUT2D eigenvalue weighted by atomic mass is 10.2. The van der Waals surface area contributed by atoms with Crippen molar-refractivity contribution in [2.24, 2.45) is 0 Å². The van der Waals surface area contributed by atoms with Gasteiger partial charge in [0.15, 0.2) is 6.10 Å². The Balaban J connectivity index is 2.09. The maximum Gasteiger partial charge on any atom is 0.338 e. The summed E-state index contributed by atoms with van der Waals surface area (Å²) in [5.74, 6) is -1.11. The molecule has 0 aromatic heterocycles. The molecule has 0 saturated carbocycles. The first-order valence-corrected chi connectivity index (χ1v) is 11.1. The highest BCUT2D eigenvalue weighted by Crippen LogP contribution is 2.19. The van der Waals surface area contributed by atoms with E-state index >= 15 is 0 Å². The second kappa shape index (κ2) is 9.86. The number of nitrogens with zero attached hydrogens (tertiary/aromatic N) is 2. The topological polar surface area (TPSA) is 84.0 Å². The summed E-state index contributed by atoms with van der Waals surface area (Å²) in [6.45, 7) is 5.40. The van der Waals surface area contributed by atoms with Crippen molar-refractivity contribution in [1.82, 2.24) is 9.21 Å². The highest BCUT2D eigenvalue weighted by atomic mass is 32.2. The molecule has 1 unspecified atom stereocenters. The molecule has 2 rings (SSSR count). The second-order valence-corrected chi connectivity index (χ2v) is 9.37. The SMILES string of the molecule is CC(OC(=O)c1cccc(S(=O)(=O)N(C)C(C)C)c1)C(=O)N(C)Cc1ccccc1. The number of rotatable bonds is 8. The fourth-order valence-corrected chi connectivity index (χ4v) is 4.17. The quantitative estimate of drug-likeness (QED) is 0.599. The van der Waals surface area contributed by atoms with E-state index in [2.05, 4.69) is 0 Å². The number of hydrogen-bond donors (Lipinski definition) is 0. The van der Waals surface area contributed by atoms with Gasteiger partial charge in [0.2, 0.25) is 10.0 Å². The molecule has 0 aliphatic carbocycles. The number of likely N-dealkylation sites (N-methyl/N-ethyl adjacent to an activating group) is 1. The van der Waals surface area contributed by atoms with Crippen molar-refractivity contribution >= 4 is 21.9 Å². The van der Waals surface area contributed by atoms with E-state index < -0.39 is 22.1 Å². The number of ether oxygens (including phenoxy) is 1. The van der Waals surface area contributed by atoms with E-state index in [0.717, 1.165) is 5.56 Å². The van der Waals surface area contributed by atoms with Crippen LogP contribution >= 0.6 is 0 Å². The summed E-state index contributed by atoms with van der Waals surface area (Å²) in [5, 5.41) is 0. The maximum absolute atomic E-state index is 12.7. The van der Waals surface area contributed by atoms with Crippen LogP contribution in [0.1, 0.15) is 36.7 Å². The van der Waals surface area contributed by atoms with Crippen molar-refractivity contribution in [3.63, 3.8) is 0 Å². The lowest BCUT2D eigenvalue weighted by Gasteiger charge is -2.22. The molecule has 0 heterocycles. The number of carbonyl (C=O) groups is 2. The molecule has 2 aromatic rings. The molecule has 0 N–H and O–H groups in total. The molecule has 0 radical (unpaired) electrons. The molecule has 8 heteroatoms. The van der Waals surface area contributed by atoms with Crippen LogP contribution in [0.2, 0.25) is 0 Å². The summed E-state index contributed by atoms with van der Waals surface area (Å²) in [6, 6.07) is 14.9. The average Bonchev–Trinajstić information content (AvgIpc) is 2.73.